The molecule has 1 aromatic rings. The molecule has 0 bridgehead atoms. The summed E-state index contributed by atoms with van der Waals surface area (Å²) in [6.07, 6.45) is -0.608. The molecule has 1 saturated heterocycles. The summed E-state index contributed by atoms with van der Waals surface area (Å²) in [6.45, 7) is 7.66. The highest BCUT2D eigenvalue weighted by Crippen LogP contribution is 2.20. The topological polar surface area (TPSA) is 88.6 Å². The fourth-order valence-electron chi connectivity index (χ4n) is 2.24. The second-order valence-corrected chi connectivity index (χ2v) is 6.83. The van der Waals surface area contributed by atoms with Crippen LogP contribution in [0.1, 0.15) is 20.8 Å². The SMILES string of the molecule is CNc1nc(Cl)cc(N2CCOC(CNC(=O)OC(C)(C)C)C2)n1. The molecule has 1 fully saturated rings. The highest BCUT2D eigenvalue weighted by atomic mass is 35.5. The minimum Gasteiger partial charge on any atom is -0.444 e. The van der Waals surface area contributed by atoms with Gasteiger partial charge in [0.1, 0.15) is 16.6 Å². The Morgan fingerprint density at radius 2 is 2.25 bits per heavy atom. The average molecular weight is 358 g/mol. The summed E-state index contributed by atoms with van der Waals surface area (Å²) >= 11 is 6.03. The maximum Gasteiger partial charge on any atom is 0.407 e. The van der Waals surface area contributed by atoms with Gasteiger partial charge in [0.15, 0.2) is 0 Å². The first-order chi connectivity index (χ1) is 11.3. The van der Waals surface area contributed by atoms with Gasteiger partial charge in [-0.25, -0.2) is 9.78 Å². The van der Waals surface area contributed by atoms with Crippen molar-refractivity contribution in [3.8, 4) is 0 Å². The van der Waals surface area contributed by atoms with E-state index >= 15 is 0 Å². The average Bonchev–Trinajstić information content (AvgIpc) is 2.51. The van der Waals surface area contributed by atoms with E-state index in [0.717, 1.165) is 5.82 Å². The molecule has 1 aromatic heterocycles. The highest BCUT2D eigenvalue weighted by molar-refractivity contribution is 6.29. The normalized spacial score (nSPS) is 18.2. The van der Waals surface area contributed by atoms with Crippen molar-refractivity contribution in [1.29, 1.82) is 0 Å². The predicted molar refractivity (Wildman–Crippen MR) is 92.8 cm³/mol. The zero-order valence-electron chi connectivity index (χ0n) is 14.4. The van der Waals surface area contributed by atoms with Gasteiger partial charge < -0.3 is 25.0 Å². The predicted octanol–water partition coefficient (Wildman–Crippen LogP) is 1.90. The first-order valence-electron chi connectivity index (χ1n) is 7.82. The van der Waals surface area contributed by atoms with E-state index in [0.29, 0.717) is 37.3 Å². The van der Waals surface area contributed by atoms with Crippen molar-refractivity contribution in [3.63, 3.8) is 0 Å². The van der Waals surface area contributed by atoms with Crippen molar-refractivity contribution in [2.75, 3.05) is 43.5 Å². The van der Waals surface area contributed by atoms with Gasteiger partial charge in [-0.1, -0.05) is 11.6 Å². The highest BCUT2D eigenvalue weighted by Gasteiger charge is 2.24. The van der Waals surface area contributed by atoms with Crippen LogP contribution in [0.3, 0.4) is 0 Å². The number of halogens is 1. The maximum absolute atomic E-state index is 11.7. The molecule has 9 heteroatoms. The molecule has 0 aromatic carbocycles. The monoisotopic (exact) mass is 357 g/mol. The van der Waals surface area contributed by atoms with Crippen molar-refractivity contribution >= 4 is 29.5 Å². The van der Waals surface area contributed by atoms with Gasteiger partial charge in [-0.3, -0.25) is 0 Å². The number of carbonyl (C=O) groups excluding carboxylic acids is 1. The summed E-state index contributed by atoms with van der Waals surface area (Å²) in [4.78, 5) is 22.3. The van der Waals surface area contributed by atoms with E-state index in [1.54, 1.807) is 13.1 Å². The number of carbonyl (C=O) groups is 1. The third kappa shape index (κ3) is 5.68. The molecule has 1 aliphatic rings. The van der Waals surface area contributed by atoms with E-state index in [-0.39, 0.29) is 6.10 Å². The van der Waals surface area contributed by atoms with Crippen LogP contribution >= 0.6 is 11.6 Å². The molecule has 134 valence electrons. The van der Waals surface area contributed by atoms with E-state index in [2.05, 4.69) is 25.5 Å². The minimum absolute atomic E-state index is 0.155. The van der Waals surface area contributed by atoms with Gasteiger partial charge in [0.2, 0.25) is 5.95 Å². The molecule has 8 nitrogen and oxygen atoms in total. The molecule has 0 saturated carbocycles. The van der Waals surface area contributed by atoms with Crippen LogP contribution in [0.2, 0.25) is 5.15 Å². The van der Waals surface area contributed by atoms with Crippen LogP contribution in [0, 0.1) is 0 Å². The van der Waals surface area contributed by atoms with Crippen LogP contribution in [0.5, 0.6) is 0 Å². The standard InChI is InChI=1S/C15H24ClN5O3/c1-15(2,3)24-14(22)18-8-10-9-21(5-6-23-10)12-7-11(16)19-13(17-4)20-12/h7,10H,5-6,8-9H2,1-4H3,(H,18,22)(H,17,19,20). The molecule has 2 heterocycles. The largest absolute Gasteiger partial charge is 0.444 e. The lowest BCUT2D eigenvalue weighted by Crippen LogP contribution is -2.48. The molecule has 0 aliphatic carbocycles. The molecule has 0 spiro atoms. The van der Waals surface area contributed by atoms with Gasteiger partial charge in [-0.15, -0.1) is 0 Å². The number of aromatic nitrogens is 2. The maximum atomic E-state index is 11.7. The van der Waals surface area contributed by atoms with Gasteiger partial charge >= 0.3 is 6.09 Å². The lowest BCUT2D eigenvalue weighted by molar-refractivity contribution is 0.0281. The molecule has 1 amide bonds. The Morgan fingerprint density at radius 3 is 2.92 bits per heavy atom. The zero-order valence-corrected chi connectivity index (χ0v) is 15.2. The molecule has 1 unspecified atom stereocenters. The van der Waals surface area contributed by atoms with Crippen LogP contribution in [-0.4, -0.2) is 61.1 Å². The van der Waals surface area contributed by atoms with Crippen molar-refractivity contribution < 1.29 is 14.3 Å². The van der Waals surface area contributed by atoms with Crippen LogP contribution < -0.4 is 15.5 Å². The first kappa shape index (κ1) is 18.5. The smallest absolute Gasteiger partial charge is 0.407 e. The van der Waals surface area contributed by atoms with E-state index in [1.165, 1.54) is 0 Å². The summed E-state index contributed by atoms with van der Waals surface area (Å²) in [5, 5.41) is 5.99. The van der Waals surface area contributed by atoms with Gasteiger partial charge in [0, 0.05) is 32.7 Å². The molecular formula is C15H24ClN5O3. The number of anilines is 2. The number of morpholine rings is 1. The Labute approximate surface area is 146 Å². The molecule has 2 rings (SSSR count). The number of hydrogen-bond donors (Lipinski definition) is 2. The van der Waals surface area contributed by atoms with Crippen molar-refractivity contribution in [2.45, 2.75) is 32.5 Å². The van der Waals surface area contributed by atoms with Crippen LogP contribution in [0.25, 0.3) is 0 Å². The number of hydrogen-bond acceptors (Lipinski definition) is 7. The van der Waals surface area contributed by atoms with Crippen molar-refractivity contribution in [3.05, 3.63) is 11.2 Å². The molecule has 1 atom stereocenters. The van der Waals surface area contributed by atoms with Gasteiger partial charge in [0.25, 0.3) is 0 Å². The summed E-state index contributed by atoms with van der Waals surface area (Å²) in [6, 6.07) is 1.71. The van der Waals surface area contributed by atoms with E-state index in [4.69, 9.17) is 21.1 Å². The molecular weight excluding hydrogens is 334 g/mol. The van der Waals surface area contributed by atoms with Gasteiger partial charge in [-0.2, -0.15) is 4.98 Å². The fraction of sp³-hybridized carbons (Fsp3) is 0.667. The summed E-state index contributed by atoms with van der Waals surface area (Å²) in [7, 11) is 1.74. The zero-order chi connectivity index (χ0) is 17.7. The summed E-state index contributed by atoms with van der Waals surface area (Å²) in [5.41, 5.74) is -0.523. The summed E-state index contributed by atoms with van der Waals surface area (Å²) < 4.78 is 10.9. The Kier molecular flexibility index (Phi) is 6.06. The molecule has 0 radical (unpaired) electrons. The third-order valence-corrected chi connectivity index (χ3v) is 3.43. The Morgan fingerprint density at radius 1 is 1.50 bits per heavy atom. The van der Waals surface area contributed by atoms with E-state index in [9.17, 15) is 4.79 Å². The minimum atomic E-state index is -0.523. The number of alkyl carbamates (subject to hydrolysis) is 1. The Balaban J connectivity index is 1.92. The lowest BCUT2D eigenvalue weighted by atomic mass is 10.2. The van der Waals surface area contributed by atoms with Crippen molar-refractivity contribution in [1.82, 2.24) is 15.3 Å². The fourth-order valence-corrected chi connectivity index (χ4v) is 2.42. The van der Waals surface area contributed by atoms with Crippen LogP contribution in [0.4, 0.5) is 16.6 Å². The lowest BCUT2D eigenvalue weighted by Gasteiger charge is -2.34. The van der Waals surface area contributed by atoms with Crippen LogP contribution in [-0.2, 0) is 9.47 Å². The number of nitrogens with one attached hydrogen (secondary N) is 2. The van der Waals surface area contributed by atoms with Gasteiger partial charge in [0.05, 0.1) is 12.7 Å². The second kappa shape index (κ2) is 7.85. The number of ether oxygens (including phenoxy) is 2. The quantitative estimate of drug-likeness (QED) is 0.795. The van der Waals surface area contributed by atoms with E-state index in [1.807, 2.05) is 20.8 Å². The number of amides is 1. The molecule has 2 N–H and O–H groups in total. The van der Waals surface area contributed by atoms with E-state index < -0.39 is 11.7 Å². The number of rotatable bonds is 4. The third-order valence-electron chi connectivity index (χ3n) is 3.24. The van der Waals surface area contributed by atoms with Gasteiger partial charge in [-0.05, 0) is 20.8 Å². The summed E-state index contributed by atoms with van der Waals surface area (Å²) in [5.74, 6) is 1.19. The molecule has 24 heavy (non-hydrogen) atoms. The second-order valence-electron chi connectivity index (χ2n) is 6.44. The first-order valence-corrected chi connectivity index (χ1v) is 8.20. The number of nitrogens with zero attached hydrogens (tertiary/aromatic N) is 3. The Hall–Kier alpha value is -1.80. The Bertz CT molecular complexity index is 579. The van der Waals surface area contributed by atoms with Crippen LogP contribution in [0.15, 0.2) is 6.07 Å². The van der Waals surface area contributed by atoms with Crippen molar-refractivity contribution in [2.24, 2.45) is 0 Å². The molecule has 1 aliphatic heterocycles.